The first-order valence-corrected chi connectivity index (χ1v) is 9.33. The van der Waals surface area contributed by atoms with E-state index >= 15 is 0 Å². The second-order valence-electron chi connectivity index (χ2n) is 7.36. The number of halogens is 1. The summed E-state index contributed by atoms with van der Waals surface area (Å²) in [5, 5.41) is 8.92. The molecule has 0 amide bonds. The van der Waals surface area contributed by atoms with Gasteiger partial charge in [0.15, 0.2) is 5.75 Å². The van der Waals surface area contributed by atoms with Crippen LogP contribution in [0.5, 0.6) is 5.75 Å². The Kier molecular flexibility index (Phi) is 4.58. The molecule has 3 N–H and O–H groups in total. The summed E-state index contributed by atoms with van der Waals surface area (Å²) in [7, 11) is 0. The third-order valence-electron chi connectivity index (χ3n) is 5.75. The average molecular weight is 387 g/mol. The molecular formula is C20H22FN3O4. The highest BCUT2D eigenvalue weighted by Gasteiger charge is 2.37. The van der Waals surface area contributed by atoms with E-state index in [0.717, 1.165) is 6.42 Å². The number of hydrogen-bond acceptors (Lipinski definition) is 5. The first-order chi connectivity index (χ1) is 13.4. The van der Waals surface area contributed by atoms with Gasteiger partial charge in [0, 0.05) is 31.6 Å². The summed E-state index contributed by atoms with van der Waals surface area (Å²) in [6, 6.07) is 2.89. The summed E-state index contributed by atoms with van der Waals surface area (Å²) in [6.45, 7) is 3.66. The number of carbonyl (C=O) groups is 1. The molecule has 1 fully saturated rings. The van der Waals surface area contributed by atoms with Gasteiger partial charge in [-0.3, -0.25) is 4.79 Å². The van der Waals surface area contributed by atoms with Crippen LogP contribution >= 0.6 is 0 Å². The van der Waals surface area contributed by atoms with Crippen molar-refractivity contribution in [3.8, 4) is 5.75 Å². The molecule has 1 aromatic carbocycles. The quantitative estimate of drug-likeness (QED) is 0.621. The van der Waals surface area contributed by atoms with Crippen LogP contribution in [0.1, 0.15) is 13.3 Å². The molecule has 0 saturated carbocycles. The Hall–Kier alpha value is -2.87. The van der Waals surface area contributed by atoms with Gasteiger partial charge in [0.05, 0.1) is 22.8 Å². The molecule has 1 aromatic heterocycles. The SMILES string of the molecule is CCn1cc(OC(=O)O)c(=O)c2cc(F)c(N3CC4C=CCC(N)C4C3)cc21. The average Bonchev–Trinajstić information content (AvgIpc) is 3.09. The Bertz CT molecular complexity index is 1030. The molecule has 3 unspecified atom stereocenters. The maximum Gasteiger partial charge on any atom is 0.511 e. The lowest BCUT2D eigenvalue weighted by Gasteiger charge is -2.25. The van der Waals surface area contributed by atoms with Crippen LogP contribution in [0.4, 0.5) is 14.9 Å². The lowest BCUT2D eigenvalue weighted by Crippen LogP contribution is -2.36. The highest BCUT2D eigenvalue weighted by atomic mass is 19.1. The van der Waals surface area contributed by atoms with E-state index in [1.54, 1.807) is 10.6 Å². The monoisotopic (exact) mass is 387 g/mol. The minimum Gasteiger partial charge on any atom is -0.449 e. The van der Waals surface area contributed by atoms with Gasteiger partial charge in [-0.05, 0) is 31.4 Å². The molecule has 3 atom stereocenters. The third-order valence-corrected chi connectivity index (χ3v) is 5.75. The van der Waals surface area contributed by atoms with Crippen molar-refractivity contribution in [1.29, 1.82) is 0 Å². The molecule has 8 heteroatoms. The number of benzene rings is 1. The zero-order valence-electron chi connectivity index (χ0n) is 15.5. The molecular weight excluding hydrogens is 365 g/mol. The first kappa shape index (κ1) is 18.5. The second-order valence-corrected chi connectivity index (χ2v) is 7.36. The highest BCUT2D eigenvalue weighted by Crippen LogP contribution is 2.36. The minimum absolute atomic E-state index is 0.0630. The standard InChI is InChI=1S/C20H22FN3O4/c1-2-23-10-18(28-20(26)27)19(25)12-6-14(21)17(7-16(12)23)24-8-11-4-3-5-15(22)13(11)9-24/h3-4,6-7,10-11,13,15H,2,5,8-9,22H2,1H3,(H,26,27). The zero-order valence-corrected chi connectivity index (χ0v) is 15.5. The van der Waals surface area contributed by atoms with Gasteiger partial charge in [0.1, 0.15) is 5.82 Å². The van der Waals surface area contributed by atoms with E-state index in [9.17, 15) is 14.0 Å². The molecule has 1 aliphatic carbocycles. The van der Waals surface area contributed by atoms with Crippen LogP contribution in [-0.4, -0.2) is 35.0 Å². The number of fused-ring (bicyclic) bond motifs is 2. The molecule has 1 aliphatic heterocycles. The van der Waals surface area contributed by atoms with Crippen molar-refractivity contribution in [3.05, 3.63) is 46.5 Å². The van der Waals surface area contributed by atoms with Gasteiger partial charge in [0.25, 0.3) is 0 Å². The van der Waals surface area contributed by atoms with Crippen molar-refractivity contribution >= 4 is 22.7 Å². The van der Waals surface area contributed by atoms with E-state index in [1.807, 2.05) is 11.8 Å². The van der Waals surface area contributed by atoms with Crippen molar-refractivity contribution in [2.24, 2.45) is 17.6 Å². The molecule has 0 bridgehead atoms. The van der Waals surface area contributed by atoms with Crippen molar-refractivity contribution in [2.45, 2.75) is 25.9 Å². The zero-order chi connectivity index (χ0) is 20.0. The Morgan fingerprint density at radius 3 is 2.86 bits per heavy atom. The molecule has 2 aliphatic rings. The fourth-order valence-electron chi connectivity index (χ4n) is 4.34. The number of hydrogen-bond donors (Lipinski definition) is 2. The van der Waals surface area contributed by atoms with E-state index in [1.165, 1.54) is 12.3 Å². The molecule has 2 heterocycles. The maximum absolute atomic E-state index is 15.0. The molecule has 0 spiro atoms. The van der Waals surface area contributed by atoms with E-state index in [2.05, 4.69) is 16.9 Å². The Labute approximate surface area is 160 Å². The molecule has 4 rings (SSSR count). The summed E-state index contributed by atoms with van der Waals surface area (Å²) < 4.78 is 21.2. The van der Waals surface area contributed by atoms with Crippen LogP contribution in [0.25, 0.3) is 10.9 Å². The Morgan fingerprint density at radius 1 is 1.39 bits per heavy atom. The van der Waals surface area contributed by atoms with Gasteiger partial charge >= 0.3 is 6.16 Å². The van der Waals surface area contributed by atoms with Crippen molar-refractivity contribution in [2.75, 3.05) is 18.0 Å². The number of anilines is 1. The lowest BCUT2D eigenvalue weighted by atomic mass is 9.83. The number of ether oxygens (including phenoxy) is 1. The molecule has 28 heavy (non-hydrogen) atoms. The fraction of sp³-hybridized carbons (Fsp3) is 0.400. The number of aryl methyl sites for hydroxylation is 1. The Morgan fingerprint density at radius 2 is 2.18 bits per heavy atom. The normalized spacial score (nSPS) is 23.8. The number of pyridine rings is 1. The van der Waals surface area contributed by atoms with Gasteiger partial charge < -0.3 is 25.0 Å². The van der Waals surface area contributed by atoms with Crippen LogP contribution in [0, 0.1) is 17.7 Å². The molecule has 7 nitrogen and oxygen atoms in total. The van der Waals surface area contributed by atoms with Crippen molar-refractivity contribution in [1.82, 2.24) is 4.57 Å². The first-order valence-electron chi connectivity index (χ1n) is 9.33. The predicted octanol–water partition coefficient (Wildman–Crippen LogP) is 2.56. The summed E-state index contributed by atoms with van der Waals surface area (Å²) in [4.78, 5) is 25.4. The van der Waals surface area contributed by atoms with Crippen LogP contribution in [0.2, 0.25) is 0 Å². The third kappa shape index (κ3) is 3.03. The van der Waals surface area contributed by atoms with Gasteiger partial charge in [-0.15, -0.1) is 0 Å². The van der Waals surface area contributed by atoms with Gasteiger partial charge in [0.2, 0.25) is 5.43 Å². The molecule has 148 valence electrons. The van der Waals surface area contributed by atoms with E-state index < -0.39 is 17.4 Å². The number of nitrogens with two attached hydrogens (primary N) is 1. The fourth-order valence-corrected chi connectivity index (χ4v) is 4.34. The highest BCUT2D eigenvalue weighted by molar-refractivity contribution is 5.85. The molecule has 1 saturated heterocycles. The Balaban J connectivity index is 1.79. The number of nitrogens with zero attached hydrogens (tertiary/aromatic N) is 2. The van der Waals surface area contributed by atoms with E-state index in [4.69, 9.17) is 10.8 Å². The molecule has 0 radical (unpaired) electrons. The largest absolute Gasteiger partial charge is 0.511 e. The summed E-state index contributed by atoms with van der Waals surface area (Å²) >= 11 is 0. The topological polar surface area (TPSA) is 97.8 Å². The van der Waals surface area contributed by atoms with Crippen LogP contribution in [0.3, 0.4) is 0 Å². The number of carboxylic acid groups (broad SMARTS) is 1. The van der Waals surface area contributed by atoms with Crippen molar-refractivity contribution < 1.29 is 19.0 Å². The summed E-state index contributed by atoms with van der Waals surface area (Å²) in [5.74, 6) is -0.286. The predicted molar refractivity (Wildman–Crippen MR) is 103 cm³/mol. The molecule has 2 aromatic rings. The second kappa shape index (κ2) is 6.94. The smallest absolute Gasteiger partial charge is 0.449 e. The maximum atomic E-state index is 15.0. The van der Waals surface area contributed by atoms with Crippen LogP contribution in [-0.2, 0) is 6.54 Å². The van der Waals surface area contributed by atoms with Crippen LogP contribution in [0.15, 0.2) is 35.3 Å². The van der Waals surface area contributed by atoms with Gasteiger partial charge in [-0.1, -0.05) is 12.2 Å². The van der Waals surface area contributed by atoms with Gasteiger partial charge in [-0.25, -0.2) is 9.18 Å². The van der Waals surface area contributed by atoms with E-state index in [-0.39, 0.29) is 23.1 Å². The van der Waals surface area contributed by atoms with Crippen LogP contribution < -0.4 is 20.8 Å². The van der Waals surface area contributed by atoms with E-state index in [0.29, 0.717) is 36.8 Å². The number of rotatable bonds is 3. The lowest BCUT2D eigenvalue weighted by molar-refractivity contribution is 0.144. The van der Waals surface area contributed by atoms with Gasteiger partial charge in [-0.2, -0.15) is 0 Å². The summed E-state index contributed by atoms with van der Waals surface area (Å²) in [5.41, 5.74) is 6.55. The van der Waals surface area contributed by atoms with Crippen molar-refractivity contribution in [3.63, 3.8) is 0 Å². The minimum atomic E-state index is -1.58. The summed E-state index contributed by atoms with van der Waals surface area (Å²) in [6.07, 6.45) is 4.84. The number of aromatic nitrogens is 1.